The SMILES string of the molecule is O=C1NC(=O)N(c2ccc3c(c2)OCO3)C(=O)/C1=C/c1ccc(OCc2cccc3ccccc23)c(I)c1. The van der Waals surface area contributed by atoms with E-state index < -0.39 is 17.8 Å². The molecule has 2 aliphatic rings. The Hall–Kier alpha value is -4.38. The van der Waals surface area contributed by atoms with E-state index in [1.54, 1.807) is 24.3 Å². The maximum absolute atomic E-state index is 13.2. The molecule has 1 saturated heterocycles. The van der Waals surface area contributed by atoms with E-state index in [1.165, 1.54) is 12.1 Å². The van der Waals surface area contributed by atoms with Gasteiger partial charge in [0, 0.05) is 6.07 Å². The molecule has 6 rings (SSSR count). The molecule has 1 fully saturated rings. The predicted octanol–water partition coefficient (Wildman–Crippen LogP) is 5.42. The fraction of sp³-hybridized carbons (Fsp3) is 0.0690. The normalized spacial score (nSPS) is 15.8. The Kier molecular flexibility index (Phi) is 6.20. The first-order chi connectivity index (χ1) is 18.5. The molecular formula is C29H19IN2O6. The second-order valence-corrected chi connectivity index (χ2v) is 9.77. The van der Waals surface area contributed by atoms with Crippen molar-refractivity contribution in [3.05, 3.63) is 99.1 Å². The van der Waals surface area contributed by atoms with Gasteiger partial charge in [0.05, 0.1) is 9.26 Å². The van der Waals surface area contributed by atoms with Crippen LogP contribution in [0.25, 0.3) is 16.8 Å². The lowest BCUT2D eigenvalue weighted by Gasteiger charge is -2.26. The van der Waals surface area contributed by atoms with Crippen molar-refractivity contribution in [2.45, 2.75) is 6.61 Å². The minimum Gasteiger partial charge on any atom is -0.488 e. The Morgan fingerprint density at radius 2 is 1.74 bits per heavy atom. The lowest BCUT2D eigenvalue weighted by Crippen LogP contribution is -2.54. The van der Waals surface area contributed by atoms with Gasteiger partial charge in [-0.15, -0.1) is 0 Å². The van der Waals surface area contributed by atoms with Crippen LogP contribution in [0, 0.1) is 3.57 Å². The average Bonchev–Trinajstić information content (AvgIpc) is 3.39. The van der Waals surface area contributed by atoms with Gasteiger partial charge in [0.15, 0.2) is 11.5 Å². The zero-order chi connectivity index (χ0) is 26.2. The molecule has 4 aromatic carbocycles. The number of imide groups is 2. The number of anilines is 1. The maximum atomic E-state index is 13.2. The van der Waals surface area contributed by atoms with Crippen molar-refractivity contribution in [2.24, 2.45) is 0 Å². The summed E-state index contributed by atoms with van der Waals surface area (Å²) in [7, 11) is 0. The lowest BCUT2D eigenvalue weighted by atomic mass is 10.1. The molecule has 4 aromatic rings. The van der Waals surface area contributed by atoms with Crippen LogP contribution in [-0.2, 0) is 16.2 Å². The summed E-state index contributed by atoms with van der Waals surface area (Å²) in [5, 5.41) is 4.52. The Labute approximate surface area is 230 Å². The molecule has 8 nitrogen and oxygen atoms in total. The predicted molar refractivity (Wildman–Crippen MR) is 149 cm³/mol. The first kappa shape index (κ1) is 24.0. The number of carbonyl (C=O) groups is 3. The summed E-state index contributed by atoms with van der Waals surface area (Å²) < 4.78 is 17.5. The molecule has 0 bridgehead atoms. The number of nitrogens with zero attached hydrogens (tertiary/aromatic N) is 1. The minimum atomic E-state index is -0.831. The van der Waals surface area contributed by atoms with Gasteiger partial charge >= 0.3 is 6.03 Å². The molecule has 0 unspecified atom stereocenters. The number of amides is 4. The van der Waals surface area contributed by atoms with Gasteiger partial charge in [0.25, 0.3) is 11.8 Å². The monoisotopic (exact) mass is 618 g/mol. The zero-order valence-corrected chi connectivity index (χ0v) is 21.9. The molecule has 0 saturated carbocycles. The standard InChI is InChI=1S/C29H19IN2O6/c30-23-13-17(8-10-24(23)36-15-19-6-3-5-18-4-1-2-7-21(18)19)12-22-27(33)31-29(35)32(28(22)34)20-9-11-25-26(14-20)38-16-37-25/h1-14H,15-16H2,(H,31,33,35)/b22-12+. The molecule has 0 aromatic heterocycles. The van der Waals surface area contributed by atoms with E-state index in [2.05, 4.69) is 46.1 Å². The van der Waals surface area contributed by atoms with Crippen molar-refractivity contribution in [3.63, 3.8) is 0 Å². The average molecular weight is 618 g/mol. The largest absolute Gasteiger partial charge is 0.488 e. The topological polar surface area (TPSA) is 94.2 Å². The number of fused-ring (bicyclic) bond motifs is 2. The summed E-state index contributed by atoms with van der Waals surface area (Å²) in [4.78, 5) is 39.3. The Morgan fingerprint density at radius 1 is 0.921 bits per heavy atom. The van der Waals surface area contributed by atoms with E-state index in [0.717, 1.165) is 24.8 Å². The molecule has 0 radical (unpaired) electrons. The fourth-order valence-electron chi connectivity index (χ4n) is 4.38. The molecule has 0 aliphatic carbocycles. The Bertz CT molecular complexity index is 1660. The van der Waals surface area contributed by atoms with E-state index in [-0.39, 0.29) is 18.1 Å². The second-order valence-electron chi connectivity index (χ2n) is 8.61. The smallest absolute Gasteiger partial charge is 0.335 e. The number of barbiturate groups is 1. The van der Waals surface area contributed by atoms with Gasteiger partial charge in [0.2, 0.25) is 6.79 Å². The number of urea groups is 1. The molecule has 4 amide bonds. The molecule has 9 heteroatoms. The number of carbonyl (C=O) groups excluding carboxylic acids is 3. The van der Waals surface area contributed by atoms with Gasteiger partial charge in [-0.2, -0.15) is 0 Å². The minimum absolute atomic E-state index is 0.0584. The quantitative estimate of drug-likeness (QED) is 0.183. The Balaban J connectivity index is 1.23. The van der Waals surface area contributed by atoms with Crippen molar-refractivity contribution in [2.75, 3.05) is 11.7 Å². The van der Waals surface area contributed by atoms with E-state index in [4.69, 9.17) is 14.2 Å². The van der Waals surface area contributed by atoms with Gasteiger partial charge in [-0.3, -0.25) is 14.9 Å². The van der Waals surface area contributed by atoms with Crippen molar-refractivity contribution >= 4 is 63.0 Å². The van der Waals surface area contributed by atoms with Gasteiger partial charge in [0.1, 0.15) is 17.9 Å². The summed E-state index contributed by atoms with van der Waals surface area (Å²) in [5.41, 5.74) is 1.79. The van der Waals surface area contributed by atoms with Crippen LogP contribution in [0.1, 0.15) is 11.1 Å². The third-order valence-corrected chi connectivity index (χ3v) is 7.09. The molecule has 1 N–H and O–H groups in total. The number of nitrogens with one attached hydrogen (secondary N) is 1. The van der Waals surface area contributed by atoms with Gasteiger partial charge < -0.3 is 14.2 Å². The fourth-order valence-corrected chi connectivity index (χ4v) is 5.08. The molecule has 38 heavy (non-hydrogen) atoms. The van der Waals surface area contributed by atoms with Crippen LogP contribution in [0.4, 0.5) is 10.5 Å². The van der Waals surface area contributed by atoms with Crippen LogP contribution >= 0.6 is 22.6 Å². The first-order valence-electron chi connectivity index (χ1n) is 11.7. The van der Waals surface area contributed by atoms with Crippen molar-refractivity contribution in [1.82, 2.24) is 5.32 Å². The molecular weight excluding hydrogens is 599 g/mol. The van der Waals surface area contributed by atoms with Crippen LogP contribution in [0.15, 0.2) is 84.4 Å². The van der Waals surface area contributed by atoms with Gasteiger partial charge in [-0.05, 0) is 74.8 Å². The van der Waals surface area contributed by atoms with E-state index in [1.807, 2.05) is 30.3 Å². The number of hydrogen-bond acceptors (Lipinski definition) is 6. The summed E-state index contributed by atoms with van der Waals surface area (Å²) in [6, 6.07) is 23.5. The number of ether oxygens (including phenoxy) is 3. The van der Waals surface area contributed by atoms with E-state index in [0.29, 0.717) is 29.4 Å². The molecule has 0 spiro atoms. The molecule has 2 aliphatic heterocycles. The highest BCUT2D eigenvalue weighted by Crippen LogP contribution is 2.36. The van der Waals surface area contributed by atoms with E-state index >= 15 is 0 Å². The van der Waals surface area contributed by atoms with Crippen LogP contribution < -0.4 is 24.4 Å². The maximum Gasteiger partial charge on any atom is 0.335 e. The zero-order valence-electron chi connectivity index (χ0n) is 19.8. The van der Waals surface area contributed by atoms with Crippen LogP contribution in [-0.4, -0.2) is 24.6 Å². The third-order valence-electron chi connectivity index (χ3n) is 6.25. The van der Waals surface area contributed by atoms with Gasteiger partial charge in [-0.1, -0.05) is 48.5 Å². The summed E-state index contributed by atoms with van der Waals surface area (Å²) in [6.07, 6.45) is 1.46. The van der Waals surface area contributed by atoms with Crippen LogP contribution in [0.2, 0.25) is 0 Å². The molecule has 188 valence electrons. The third kappa shape index (κ3) is 4.45. The molecule has 0 atom stereocenters. The van der Waals surface area contributed by atoms with Crippen molar-refractivity contribution in [3.8, 4) is 17.2 Å². The van der Waals surface area contributed by atoms with Crippen molar-refractivity contribution in [1.29, 1.82) is 0 Å². The van der Waals surface area contributed by atoms with Gasteiger partial charge in [-0.25, -0.2) is 9.69 Å². The lowest BCUT2D eigenvalue weighted by molar-refractivity contribution is -0.122. The summed E-state index contributed by atoms with van der Waals surface area (Å²) in [5.74, 6) is 0.117. The van der Waals surface area contributed by atoms with Crippen LogP contribution in [0.5, 0.6) is 17.2 Å². The first-order valence-corrected chi connectivity index (χ1v) is 12.8. The van der Waals surface area contributed by atoms with Crippen molar-refractivity contribution < 1.29 is 28.6 Å². The number of halogens is 1. The van der Waals surface area contributed by atoms with E-state index in [9.17, 15) is 14.4 Å². The highest BCUT2D eigenvalue weighted by atomic mass is 127. The second kappa shape index (κ2) is 9.82. The number of rotatable bonds is 5. The number of benzene rings is 4. The molecule has 2 heterocycles. The summed E-state index contributed by atoms with van der Waals surface area (Å²) in [6.45, 7) is 0.453. The van der Waals surface area contributed by atoms with Crippen LogP contribution in [0.3, 0.4) is 0 Å². The summed E-state index contributed by atoms with van der Waals surface area (Å²) >= 11 is 2.15. The highest BCUT2D eigenvalue weighted by molar-refractivity contribution is 14.1. The number of hydrogen-bond donors (Lipinski definition) is 1. The Morgan fingerprint density at radius 3 is 2.61 bits per heavy atom. The highest BCUT2D eigenvalue weighted by Gasteiger charge is 2.37.